The van der Waals surface area contributed by atoms with Gasteiger partial charge in [-0.25, -0.2) is 23.8 Å². The molecule has 15 heteroatoms. The van der Waals surface area contributed by atoms with Crippen molar-refractivity contribution in [1.29, 1.82) is 0 Å². The van der Waals surface area contributed by atoms with Crippen molar-refractivity contribution in [3.63, 3.8) is 0 Å². The summed E-state index contributed by atoms with van der Waals surface area (Å²) < 4.78 is 60.0. The number of ether oxygens (including phenoxy) is 1. The molecule has 4 aromatic rings. The molecule has 0 aliphatic carbocycles. The first-order valence-electron chi connectivity index (χ1n) is 12.7. The monoisotopic (exact) mass is 613 g/mol. The van der Waals surface area contributed by atoms with Crippen molar-refractivity contribution in [2.24, 2.45) is 4.99 Å². The number of methoxy groups -OCH3 is 1. The van der Waals surface area contributed by atoms with Crippen LogP contribution < -0.4 is 10.2 Å². The zero-order valence-electron chi connectivity index (χ0n) is 22.9. The number of amidine groups is 1. The molecule has 5 rings (SSSR count). The minimum atomic E-state index is -4.53. The summed E-state index contributed by atoms with van der Waals surface area (Å²) in [6.45, 7) is 3.71. The Labute approximate surface area is 246 Å². The number of thioether (sulfide) groups is 1. The number of nitrogens with one attached hydrogen (secondary N) is 1. The summed E-state index contributed by atoms with van der Waals surface area (Å²) in [5, 5.41) is 6.68. The molecule has 3 heterocycles. The molecule has 1 unspecified atom stereocenters. The third-order valence-electron chi connectivity index (χ3n) is 6.45. The van der Waals surface area contributed by atoms with Crippen molar-refractivity contribution >= 4 is 40.2 Å². The van der Waals surface area contributed by atoms with Gasteiger partial charge in [0, 0.05) is 24.4 Å². The van der Waals surface area contributed by atoms with Gasteiger partial charge < -0.3 is 10.1 Å². The van der Waals surface area contributed by atoms with E-state index in [9.17, 15) is 27.2 Å². The van der Waals surface area contributed by atoms with Gasteiger partial charge in [0.1, 0.15) is 12.1 Å². The maximum absolute atomic E-state index is 15.0. The zero-order chi connectivity index (χ0) is 30.9. The van der Waals surface area contributed by atoms with Crippen LogP contribution in [0.1, 0.15) is 29.7 Å². The van der Waals surface area contributed by atoms with Gasteiger partial charge in [0.2, 0.25) is 5.91 Å². The van der Waals surface area contributed by atoms with Crippen LogP contribution in [0.15, 0.2) is 66.0 Å². The molecule has 0 bridgehead atoms. The maximum Gasteiger partial charge on any atom is 0.417 e. The average molecular weight is 614 g/mol. The number of rotatable bonds is 6. The SMILES string of the molecule is COC(C)c1ccc(C)cc1N1C(=O)CSC1=NC(=O)Nc1ccc(-c2ncn(-c3ccc(C(F)(F)F)cn3)n2)cc1F. The molecule has 0 saturated carbocycles. The zero-order valence-corrected chi connectivity index (χ0v) is 23.7. The second-order valence-corrected chi connectivity index (χ2v) is 10.3. The molecule has 222 valence electrons. The number of aryl methyl sites for hydroxylation is 1. The van der Waals surface area contributed by atoms with Gasteiger partial charge in [-0.05, 0) is 55.8 Å². The predicted octanol–water partition coefficient (Wildman–Crippen LogP) is 6.17. The lowest BCUT2D eigenvalue weighted by Crippen LogP contribution is -2.31. The molecule has 1 aliphatic heterocycles. The number of halogens is 4. The van der Waals surface area contributed by atoms with Crippen LogP contribution in [-0.2, 0) is 15.7 Å². The van der Waals surface area contributed by atoms with E-state index in [4.69, 9.17) is 4.74 Å². The van der Waals surface area contributed by atoms with Crippen LogP contribution in [0.3, 0.4) is 0 Å². The molecule has 2 aromatic heterocycles. The molecule has 3 amide bonds. The number of amides is 3. The highest BCUT2D eigenvalue weighted by atomic mass is 32.2. The van der Waals surface area contributed by atoms with Crippen LogP contribution in [0, 0.1) is 12.7 Å². The number of carbonyl (C=O) groups excluding carboxylic acids is 2. The predicted molar refractivity (Wildman–Crippen MR) is 153 cm³/mol. The van der Waals surface area contributed by atoms with E-state index in [0.29, 0.717) is 11.9 Å². The smallest absolute Gasteiger partial charge is 0.377 e. The summed E-state index contributed by atoms with van der Waals surface area (Å²) in [4.78, 5) is 38.8. The van der Waals surface area contributed by atoms with Crippen LogP contribution in [0.5, 0.6) is 0 Å². The van der Waals surface area contributed by atoms with E-state index >= 15 is 0 Å². The van der Waals surface area contributed by atoms with Gasteiger partial charge in [0.05, 0.1) is 28.8 Å². The maximum atomic E-state index is 15.0. The summed E-state index contributed by atoms with van der Waals surface area (Å²) in [6, 6.07) is 10.5. The Morgan fingerprint density at radius 1 is 1.14 bits per heavy atom. The lowest BCUT2D eigenvalue weighted by molar-refractivity contribution is -0.137. The van der Waals surface area contributed by atoms with E-state index in [2.05, 4.69) is 25.4 Å². The summed E-state index contributed by atoms with van der Waals surface area (Å²) in [7, 11) is 1.55. The lowest BCUT2D eigenvalue weighted by atomic mass is 10.0. The Morgan fingerprint density at radius 3 is 2.60 bits per heavy atom. The Morgan fingerprint density at radius 2 is 1.93 bits per heavy atom. The van der Waals surface area contributed by atoms with Gasteiger partial charge in [0.15, 0.2) is 16.8 Å². The number of nitrogens with zero attached hydrogens (tertiary/aromatic N) is 6. The number of carbonyl (C=O) groups is 2. The normalized spacial score (nSPS) is 15.3. The lowest BCUT2D eigenvalue weighted by Gasteiger charge is -2.23. The Kier molecular flexibility index (Phi) is 8.28. The quantitative estimate of drug-likeness (QED) is 0.259. The molecular weight excluding hydrogens is 590 g/mol. The van der Waals surface area contributed by atoms with Gasteiger partial charge in [-0.1, -0.05) is 23.9 Å². The fraction of sp³-hybridized carbons (Fsp3) is 0.214. The first kappa shape index (κ1) is 29.8. The number of hydrogen-bond donors (Lipinski definition) is 1. The summed E-state index contributed by atoms with van der Waals surface area (Å²) in [6.07, 6.45) is -2.95. The van der Waals surface area contributed by atoms with Crippen LogP contribution >= 0.6 is 11.8 Å². The van der Waals surface area contributed by atoms with Gasteiger partial charge in [-0.3, -0.25) is 9.69 Å². The van der Waals surface area contributed by atoms with E-state index in [-0.39, 0.29) is 45.8 Å². The number of urea groups is 1. The van der Waals surface area contributed by atoms with Crippen molar-refractivity contribution in [3.8, 4) is 17.2 Å². The van der Waals surface area contributed by atoms with Crippen molar-refractivity contribution in [2.75, 3.05) is 23.1 Å². The average Bonchev–Trinajstić information content (AvgIpc) is 3.60. The summed E-state index contributed by atoms with van der Waals surface area (Å²) in [5.74, 6) is -0.833. The van der Waals surface area contributed by atoms with Gasteiger partial charge in [0.25, 0.3) is 0 Å². The van der Waals surface area contributed by atoms with E-state index in [1.807, 2.05) is 32.0 Å². The Balaban J connectivity index is 1.33. The molecule has 2 aromatic carbocycles. The molecule has 1 N–H and O–H groups in total. The van der Waals surface area contributed by atoms with Crippen LogP contribution in [0.2, 0.25) is 0 Å². The van der Waals surface area contributed by atoms with E-state index in [1.165, 1.54) is 23.4 Å². The van der Waals surface area contributed by atoms with Crippen molar-refractivity contribution < 1.29 is 31.9 Å². The number of pyridine rings is 1. The van der Waals surface area contributed by atoms with Crippen molar-refractivity contribution in [1.82, 2.24) is 19.7 Å². The van der Waals surface area contributed by atoms with E-state index in [1.54, 1.807) is 7.11 Å². The molecule has 1 saturated heterocycles. The number of aliphatic imine (C=N–C) groups is 1. The first-order chi connectivity index (χ1) is 20.4. The standard InChI is InChI=1S/C28H23F4N7O3S/c1-15-4-7-19(16(2)42-3)22(10-15)39-24(40)13-43-27(39)36-26(41)35-21-8-5-17(11-20(21)29)25-34-14-38(37-25)23-9-6-18(12-33-23)28(30,31)32/h4-12,14,16H,13H2,1-3H3,(H,35,41). The highest BCUT2D eigenvalue weighted by Crippen LogP contribution is 2.35. The minimum Gasteiger partial charge on any atom is -0.377 e. The van der Waals surface area contributed by atoms with E-state index in [0.717, 1.165) is 45.8 Å². The fourth-order valence-corrected chi connectivity index (χ4v) is 5.04. The minimum absolute atomic E-state index is 0.0750. The number of alkyl halides is 3. The Bertz CT molecular complexity index is 1720. The molecule has 10 nitrogen and oxygen atoms in total. The fourth-order valence-electron chi connectivity index (χ4n) is 4.18. The highest BCUT2D eigenvalue weighted by Gasteiger charge is 2.33. The third-order valence-corrected chi connectivity index (χ3v) is 7.37. The van der Waals surface area contributed by atoms with Gasteiger partial charge >= 0.3 is 12.2 Å². The van der Waals surface area contributed by atoms with Crippen molar-refractivity contribution in [2.45, 2.75) is 26.1 Å². The summed E-state index contributed by atoms with van der Waals surface area (Å²) >= 11 is 1.08. The number of aromatic nitrogens is 4. The summed E-state index contributed by atoms with van der Waals surface area (Å²) in [5.41, 5.74) is 1.34. The van der Waals surface area contributed by atoms with Crippen LogP contribution in [0.25, 0.3) is 17.2 Å². The third kappa shape index (κ3) is 6.41. The van der Waals surface area contributed by atoms with Gasteiger partial charge in [-0.15, -0.1) is 5.10 Å². The van der Waals surface area contributed by atoms with Crippen LogP contribution in [-0.4, -0.2) is 49.7 Å². The largest absolute Gasteiger partial charge is 0.417 e. The number of benzene rings is 2. The molecule has 1 fully saturated rings. The molecule has 1 aliphatic rings. The molecular formula is C28H23F4N7O3S. The highest BCUT2D eigenvalue weighted by molar-refractivity contribution is 8.15. The van der Waals surface area contributed by atoms with Crippen LogP contribution in [0.4, 0.5) is 33.7 Å². The topological polar surface area (TPSA) is 115 Å². The second kappa shape index (κ2) is 11.9. The Hall–Kier alpha value is -4.63. The van der Waals surface area contributed by atoms with Gasteiger partial charge in [-0.2, -0.15) is 18.2 Å². The molecule has 1 atom stereocenters. The van der Waals surface area contributed by atoms with Crippen molar-refractivity contribution in [3.05, 3.63) is 83.6 Å². The molecule has 43 heavy (non-hydrogen) atoms. The second-order valence-electron chi connectivity index (χ2n) is 9.39. The first-order valence-corrected chi connectivity index (χ1v) is 13.7. The molecule has 0 radical (unpaired) electrons. The van der Waals surface area contributed by atoms with E-state index < -0.39 is 23.6 Å². The number of hydrogen-bond acceptors (Lipinski definition) is 7. The molecule has 0 spiro atoms. The number of anilines is 2.